The Balaban J connectivity index is 2.38. The first-order chi connectivity index (χ1) is 8.52. The molecule has 1 rings (SSSR count). The fourth-order valence-corrected chi connectivity index (χ4v) is 2.63. The van der Waals surface area contributed by atoms with Gasteiger partial charge in [-0.15, -0.1) is 0 Å². The number of nitrogens with zero attached hydrogens (tertiary/aromatic N) is 1. The van der Waals surface area contributed by atoms with Gasteiger partial charge in [-0.1, -0.05) is 0 Å². The standard InChI is InChI=1S/C11H18N2O4S/c12-9(14)7-18-6-4-10(15)13-5-2-1-3-8(13)11(16)17/h8H,1-7H2,(H2,12,14)(H,16,17). The molecule has 1 saturated heterocycles. The fraction of sp³-hybridized carbons (Fsp3) is 0.727. The maximum atomic E-state index is 11.9. The minimum atomic E-state index is -0.937. The molecule has 1 aliphatic heterocycles. The van der Waals surface area contributed by atoms with Crippen molar-refractivity contribution in [2.45, 2.75) is 31.7 Å². The summed E-state index contributed by atoms with van der Waals surface area (Å²) in [7, 11) is 0. The smallest absolute Gasteiger partial charge is 0.326 e. The molecule has 1 fully saturated rings. The predicted octanol–water partition coefficient (Wildman–Crippen LogP) is 0.0607. The Labute approximate surface area is 110 Å². The van der Waals surface area contributed by atoms with Crippen LogP contribution in [-0.4, -0.2) is 51.9 Å². The first kappa shape index (κ1) is 14.8. The van der Waals surface area contributed by atoms with Gasteiger partial charge in [-0.2, -0.15) is 11.8 Å². The van der Waals surface area contributed by atoms with E-state index in [2.05, 4.69) is 0 Å². The zero-order valence-electron chi connectivity index (χ0n) is 10.1. The van der Waals surface area contributed by atoms with Crippen molar-refractivity contribution in [2.24, 2.45) is 5.73 Å². The molecule has 1 aliphatic rings. The van der Waals surface area contributed by atoms with Gasteiger partial charge < -0.3 is 15.7 Å². The number of rotatable bonds is 6. The van der Waals surface area contributed by atoms with E-state index in [-0.39, 0.29) is 18.1 Å². The van der Waals surface area contributed by atoms with E-state index in [4.69, 9.17) is 10.8 Å². The molecule has 0 aromatic carbocycles. The average molecular weight is 274 g/mol. The number of carbonyl (C=O) groups is 3. The van der Waals surface area contributed by atoms with Crippen LogP contribution in [0.2, 0.25) is 0 Å². The third-order valence-corrected chi connectivity index (χ3v) is 3.79. The molecular formula is C11H18N2O4S. The molecule has 3 N–H and O–H groups in total. The Kier molecular flexibility index (Phi) is 5.97. The van der Waals surface area contributed by atoms with Crippen LogP contribution < -0.4 is 5.73 Å². The number of hydrogen-bond donors (Lipinski definition) is 2. The Morgan fingerprint density at radius 1 is 1.33 bits per heavy atom. The lowest BCUT2D eigenvalue weighted by Crippen LogP contribution is -2.48. The number of aliphatic carboxylic acids is 1. The number of carboxylic acid groups (broad SMARTS) is 1. The largest absolute Gasteiger partial charge is 0.480 e. The van der Waals surface area contributed by atoms with E-state index in [1.165, 1.54) is 16.7 Å². The van der Waals surface area contributed by atoms with E-state index in [9.17, 15) is 14.4 Å². The number of carbonyl (C=O) groups excluding carboxylic acids is 2. The molecule has 18 heavy (non-hydrogen) atoms. The average Bonchev–Trinajstić information content (AvgIpc) is 2.34. The lowest BCUT2D eigenvalue weighted by atomic mass is 10.0. The fourth-order valence-electron chi connectivity index (χ4n) is 1.96. The topological polar surface area (TPSA) is 101 Å². The number of likely N-dealkylation sites (tertiary alicyclic amines) is 1. The van der Waals surface area contributed by atoms with Crippen LogP contribution in [0.5, 0.6) is 0 Å². The molecular weight excluding hydrogens is 256 g/mol. The molecule has 0 radical (unpaired) electrons. The summed E-state index contributed by atoms with van der Waals surface area (Å²) in [6, 6.07) is -0.688. The number of carboxylic acids is 1. The summed E-state index contributed by atoms with van der Waals surface area (Å²) >= 11 is 1.29. The van der Waals surface area contributed by atoms with E-state index in [1.807, 2.05) is 0 Å². The molecule has 0 saturated carbocycles. The van der Waals surface area contributed by atoms with Crippen molar-refractivity contribution in [3.05, 3.63) is 0 Å². The minimum Gasteiger partial charge on any atom is -0.480 e. The molecule has 7 heteroatoms. The van der Waals surface area contributed by atoms with Crippen LogP contribution in [0.15, 0.2) is 0 Å². The van der Waals surface area contributed by atoms with Crippen molar-refractivity contribution < 1.29 is 19.5 Å². The van der Waals surface area contributed by atoms with Gasteiger partial charge in [0.05, 0.1) is 5.75 Å². The van der Waals surface area contributed by atoms with Gasteiger partial charge in [0.1, 0.15) is 6.04 Å². The van der Waals surface area contributed by atoms with Crippen LogP contribution in [0, 0.1) is 0 Å². The van der Waals surface area contributed by atoms with Crippen LogP contribution in [0.1, 0.15) is 25.7 Å². The zero-order valence-corrected chi connectivity index (χ0v) is 10.9. The highest BCUT2D eigenvalue weighted by molar-refractivity contribution is 7.99. The van der Waals surface area contributed by atoms with Gasteiger partial charge in [0.25, 0.3) is 0 Å². The Bertz CT molecular complexity index is 335. The highest BCUT2D eigenvalue weighted by atomic mass is 32.2. The molecule has 102 valence electrons. The molecule has 0 aromatic heterocycles. The Morgan fingerprint density at radius 2 is 2.06 bits per heavy atom. The van der Waals surface area contributed by atoms with Crippen molar-refractivity contribution in [3.63, 3.8) is 0 Å². The van der Waals surface area contributed by atoms with Gasteiger partial charge in [0.2, 0.25) is 11.8 Å². The number of thioether (sulfide) groups is 1. The van der Waals surface area contributed by atoms with Crippen LogP contribution in [0.4, 0.5) is 0 Å². The SMILES string of the molecule is NC(=O)CSCCC(=O)N1CCCCC1C(=O)O. The first-order valence-corrected chi connectivity index (χ1v) is 7.06. The van der Waals surface area contributed by atoms with Crippen molar-refractivity contribution in [3.8, 4) is 0 Å². The minimum absolute atomic E-state index is 0.154. The van der Waals surface area contributed by atoms with Crippen molar-refractivity contribution in [1.82, 2.24) is 4.90 Å². The predicted molar refractivity (Wildman–Crippen MR) is 68.1 cm³/mol. The van der Waals surface area contributed by atoms with Crippen LogP contribution >= 0.6 is 11.8 Å². The molecule has 1 atom stereocenters. The summed E-state index contributed by atoms with van der Waals surface area (Å²) in [5.41, 5.74) is 4.98. The summed E-state index contributed by atoms with van der Waals surface area (Å²) in [5, 5.41) is 9.04. The highest BCUT2D eigenvalue weighted by Gasteiger charge is 2.31. The van der Waals surface area contributed by atoms with E-state index < -0.39 is 17.9 Å². The van der Waals surface area contributed by atoms with Gasteiger partial charge in [-0.05, 0) is 19.3 Å². The van der Waals surface area contributed by atoms with Gasteiger partial charge in [-0.25, -0.2) is 4.79 Å². The quantitative estimate of drug-likeness (QED) is 0.667. The highest BCUT2D eigenvalue weighted by Crippen LogP contribution is 2.18. The lowest BCUT2D eigenvalue weighted by Gasteiger charge is -2.33. The number of piperidine rings is 1. The zero-order chi connectivity index (χ0) is 13.5. The van der Waals surface area contributed by atoms with E-state index in [0.29, 0.717) is 18.7 Å². The molecule has 6 nitrogen and oxygen atoms in total. The van der Waals surface area contributed by atoms with Gasteiger partial charge in [-0.3, -0.25) is 9.59 Å². The maximum absolute atomic E-state index is 11.9. The van der Waals surface area contributed by atoms with E-state index in [0.717, 1.165) is 12.8 Å². The first-order valence-electron chi connectivity index (χ1n) is 5.90. The number of nitrogens with two attached hydrogens (primary N) is 1. The summed E-state index contributed by atoms with van der Waals surface area (Å²) in [4.78, 5) is 34.9. The Hall–Kier alpha value is -1.24. The van der Waals surface area contributed by atoms with E-state index >= 15 is 0 Å². The number of hydrogen-bond acceptors (Lipinski definition) is 4. The third-order valence-electron chi connectivity index (χ3n) is 2.81. The maximum Gasteiger partial charge on any atom is 0.326 e. The molecule has 0 aromatic rings. The Morgan fingerprint density at radius 3 is 2.67 bits per heavy atom. The van der Waals surface area contributed by atoms with Crippen LogP contribution in [0.3, 0.4) is 0 Å². The summed E-state index contributed by atoms with van der Waals surface area (Å²) in [5.74, 6) is -0.819. The monoisotopic (exact) mass is 274 g/mol. The number of primary amides is 1. The molecule has 0 spiro atoms. The van der Waals surface area contributed by atoms with Crippen LogP contribution in [-0.2, 0) is 14.4 Å². The van der Waals surface area contributed by atoms with Crippen molar-refractivity contribution in [2.75, 3.05) is 18.1 Å². The summed E-state index contributed by atoms with van der Waals surface area (Å²) in [6.07, 6.45) is 2.47. The lowest BCUT2D eigenvalue weighted by molar-refractivity contribution is -0.151. The second kappa shape index (κ2) is 7.25. The summed E-state index contributed by atoms with van der Waals surface area (Å²) < 4.78 is 0. The number of amides is 2. The normalized spacial score (nSPS) is 19.6. The van der Waals surface area contributed by atoms with Gasteiger partial charge in [0, 0.05) is 18.7 Å². The molecule has 0 aliphatic carbocycles. The second-order valence-corrected chi connectivity index (χ2v) is 5.31. The van der Waals surface area contributed by atoms with Crippen LogP contribution in [0.25, 0.3) is 0 Å². The summed E-state index contributed by atoms with van der Waals surface area (Å²) in [6.45, 7) is 0.510. The van der Waals surface area contributed by atoms with Crippen molar-refractivity contribution in [1.29, 1.82) is 0 Å². The molecule has 0 bridgehead atoms. The van der Waals surface area contributed by atoms with E-state index in [1.54, 1.807) is 0 Å². The molecule has 1 unspecified atom stereocenters. The van der Waals surface area contributed by atoms with Gasteiger partial charge in [0.15, 0.2) is 0 Å². The second-order valence-electron chi connectivity index (χ2n) is 4.21. The van der Waals surface area contributed by atoms with Gasteiger partial charge >= 0.3 is 5.97 Å². The third kappa shape index (κ3) is 4.56. The van der Waals surface area contributed by atoms with Crippen molar-refractivity contribution >= 4 is 29.5 Å². The molecule has 1 heterocycles. The molecule has 2 amide bonds.